The van der Waals surface area contributed by atoms with Crippen molar-refractivity contribution in [3.63, 3.8) is 0 Å². The van der Waals surface area contributed by atoms with Gasteiger partial charge < -0.3 is 15.4 Å². The molecule has 1 unspecified atom stereocenters. The molecule has 94 valence electrons. The summed E-state index contributed by atoms with van der Waals surface area (Å²) in [6.07, 6.45) is 1.21. The lowest BCUT2D eigenvalue weighted by Gasteiger charge is -2.34. The lowest BCUT2D eigenvalue weighted by Crippen LogP contribution is -2.38. The summed E-state index contributed by atoms with van der Waals surface area (Å²) >= 11 is 2.06. The highest BCUT2D eigenvalue weighted by Gasteiger charge is 2.20. The van der Waals surface area contributed by atoms with E-state index in [4.69, 9.17) is 10.5 Å². The van der Waals surface area contributed by atoms with Crippen LogP contribution in [-0.4, -0.2) is 31.2 Å². The van der Waals surface area contributed by atoms with Crippen molar-refractivity contribution >= 4 is 23.1 Å². The Hall–Kier alpha value is -1.03. The molecule has 2 rings (SSSR count). The highest BCUT2D eigenvalue weighted by atomic mass is 32.2. The Morgan fingerprint density at radius 3 is 3.06 bits per heavy atom. The number of rotatable bonds is 3. The van der Waals surface area contributed by atoms with Crippen molar-refractivity contribution in [1.82, 2.24) is 0 Å². The van der Waals surface area contributed by atoms with Gasteiger partial charge in [0, 0.05) is 30.2 Å². The summed E-state index contributed by atoms with van der Waals surface area (Å²) in [5.74, 6) is 2.05. The molecule has 0 aliphatic carbocycles. The molecule has 4 heteroatoms. The van der Waals surface area contributed by atoms with E-state index in [0.717, 1.165) is 30.2 Å². The molecule has 2 N–H and O–H groups in total. The molecule has 1 fully saturated rings. The number of hydrogen-bond donors (Lipinski definition) is 1. The Kier molecular flexibility index (Phi) is 4.05. The number of ether oxygens (including phenoxy) is 1. The third-order valence-corrected chi connectivity index (χ3v) is 4.54. The van der Waals surface area contributed by atoms with E-state index in [1.54, 1.807) is 7.11 Å². The summed E-state index contributed by atoms with van der Waals surface area (Å²) in [7, 11) is 1.69. The first-order chi connectivity index (χ1) is 8.24. The second kappa shape index (κ2) is 5.54. The van der Waals surface area contributed by atoms with Crippen LogP contribution in [0.4, 0.5) is 11.4 Å². The molecule has 1 atom stereocenters. The van der Waals surface area contributed by atoms with E-state index in [-0.39, 0.29) is 0 Å². The maximum atomic E-state index is 6.06. The standard InChI is InChI=1S/C13H20N2OS/c1-3-11-9-15(6-7-17-11)13-8-10(16-2)4-5-12(13)14/h4-5,8,11H,3,6-7,9,14H2,1-2H3. The predicted octanol–water partition coefficient (Wildman–Crippen LogP) is 2.61. The fourth-order valence-corrected chi connectivity index (χ4v) is 3.29. The van der Waals surface area contributed by atoms with Gasteiger partial charge in [-0.3, -0.25) is 0 Å². The average molecular weight is 252 g/mol. The lowest BCUT2D eigenvalue weighted by molar-refractivity contribution is 0.415. The van der Waals surface area contributed by atoms with Gasteiger partial charge in [-0.05, 0) is 18.6 Å². The van der Waals surface area contributed by atoms with Crippen LogP contribution in [0.1, 0.15) is 13.3 Å². The third kappa shape index (κ3) is 2.80. The molecule has 1 aromatic rings. The van der Waals surface area contributed by atoms with Crippen molar-refractivity contribution in [2.75, 3.05) is 36.6 Å². The molecule has 1 aliphatic heterocycles. The molecule has 0 spiro atoms. The minimum Gasteiger partial charge on any atom is -0.497 e. The number of hydrogen-bond acceptors (Lipinski definition) is 4. The van der Waals surface area contributed by atoms with Crippen LogP contribution in [0.25, 0.3) is 0 Å². The van der Waals surface area contributed by atoms with Crippen LogP contribution in [-0.2, 0) is 0 Å². The van der Waals surface area contributed by atoms with Gasteiger partial charge in [0.1, 0.15) is 5.75 Å². The predicted molar refractivity (Wildman–Crippen MR) is 76.2 cm³/mol. The SMILES string of the molecule is CCC1CN(c2cc(OC)ccc2N)CCS1. The number of nitrogen functional groups attached to an aromatic ring is 1. The Labute approximate surface area is 107 Å². The van der Waals surface area contributed by atoms with Crippen LogP contribution in [0, 0.1) is 0 Å². The highest BCUT2D eigenvalue weighted by Crippen LogP contribution is 2.32. The maximum absolute atomic E-state index is 6.06. The minimum absolute atomic E-state index is 0.717. The second-order valence-electron chi connectivity index (χ2n) is 4.27. The van der Waals surface area contributed by atoms with Crippen LogP contribution < -0.4 is 15.4 Å². The normalized spacial score (nSPS) is 20.4. The molecule has 17 heavy (non-hydrogen) atoms. The molecule has 0 aromatic heterocycles. The quantitative estimate of drug-likeness (QED) is 0.839. The van der Waals surface area contributed by atoms with Crippen molar-refractivity contribution in [2.24, 2.45) is 0 Å². The molecule has 0 amide bonds. The molecule has 3 nitrogen and oxygen atoms in total. The molecule has 1 aromatic carbocycles. The van der Waals surface area contributed by atoms with E-state index in [1.807, 2.05) is 18.2 Å². The van der Waals surface area contributed by atoms with E-state index in [1.165, 1.54) is 12.2 Å². The fraction of sp³-hybridized carbons (Fsp3) is 0.538. The number of nitrogens with two attached hydrogens (primary N) is 1. The van der Waals surface area contributed by atoms with Gasteiger partial charge in [0.2, 0.25) is 0 Å². The molecule has 1 aliphatic rings. The molecular formula is C13H20N2OS. The van der Waals surface area contributed by atoms with E-state index in [2.05, 4.69) is 23.6 Å². The number of anilines is 2. The van der Waals surface area contributed by atoms with E-state index < -0.39 is 0 Å². The van der Waals surface area contributed by atoms with Crippen molar-refractivity contribution < 1.29 is 4.74 Å². The van der Waals surface area contributed by atoms with Gasteiger partial charge in [-0.25, -0.2) is 0 Å². The number of thioether (sulfide) groups is 1. The van der Waals surface area contributed by atoms with Gasteiger partial charge >= 0.3 is 0 Å². The van der Waals surface area contributed by atoms with Gasteiger partial charge in [0.25, 0.3) is 0 Å². The summed E-state index contributed by atoms with van der Waals surface area (Å²) in [5.41, 5.74) is 8.01. The monoisotopic (exact) mass is 252 g/mol. The molecule has 1 heterocycles. The van der Waals surface area contributed by atoms with Crippen molar-refractivity contribution in [3.05, 3.63) is 18.2 Å². The lowest BCUT2D eigenvalue weighted by atomic mass is 10.2. The zero-order valence-electron chi connectivity index (χ0n) is 10.5. The zero-order valence-corrected chi connectivity index (χ0v) is 11.3. The summed E-state index contributed by atoms with van der Waals surface area (Å²) in [6.45, 7) is 4.40. The minimum atomic E-state index is 0.717. The van der Waals surface area contributed by atoms with Crippen LogP contribution in [0.15, 0.2) is 18.2 Å². The molecule has 0 saturated carbocycles. The van der Waals surface area contributed by atoms with E-state index in [9.17, 15) is 0 Å². The summed E-state index contributed by atoms with van der Waals surface area (Å²) in [4.78, 5) is 2.38. The zero-order chi connectivity index (χ0) is 12.3. The molecule has 0 bridgehead atoms. The van der Waals surface area contributed by atoms with Crippen molar-refractivity contribution in [2.45, 2.75) is 18.6 Å². The smallest absolute Gasteiger partial charge is 0.121 e. The van der Waals surface area contributed by atoms with Crippen molar-refractivity contribution in [1.29, 1.82) is 0 Å². The molecule has 1 saturated heterocycles. The topological polar surface area (TPSA) is 38.5 Å². The van der Waals surface area contributed by atoms with Crippen LogP contribution >= 0.6 is 11.8 Å². The fourth-order valence-electron chi connectivity index (χ4n) is 2.11. The highest BCUT2D eigenvalue weighted by molar-refractivity contribution is 8.00. The molecular weight excluding hydrogens is 232 g/mol. The summed E-state index contributed by atoms with van der Waals surface area (Å²) in [6, 6.07) is 5.88. The van der Waals surface area contributed by atoms with Gasteiger partial charge in [0.15, 0.2) is 0 Å². The Morgan fingerprint density at radius 2 is 2.35 bits per heavy atom. The van der Waals surface area contributed by atoms with Crippen LogP contribution in [0.5, 0.6) is 5.75 Å². The largest absolute Gasteiger partial charge is 0.497 e. The average Bonchev–Trinajstić information content (AvgIpc) is 2.39. The second-order valence-corrected chi connectivity index (χ2v) is 5.68. The summed E-state index contributed by atoms with van der Waals surface area (Å²) < 4.78 is 5.27. The Balaban J connectivity index is 2.20. The van der Waals surface area contributed by atoms with Crippen LogP contribution in [0.2, 0.25) is 0 Å². The van der Waals surface area contributed by atoms with E-state index >= 15 is 0 Å². The van der Waals surface area contributed by atoms with Gasteiger partial charge in [-0.15, -0.1) is 0 Å². The first-order valence-corrected chi connectivity index (χ1v) is 7.09. The third-order valence-electron chi connectivity index (χ3n) is 3.17. The molecule has 0 radical (unpaired) electrons. The van der Waals surface area contributed by atoms with Gasteiger partial charge in [-0.2, -0.15) is 11.8 Å². The number of benzene rings is 1. The number of nitrogens with zero attached hydrogens (tertiary/aromatic N) is 1. The maximum Gasteiger partial charge on any atom is 0.121 e. The summed E-state index contributed by atoms with van der Waals surface area (Å²) in [5, 5.41) is 0.717. The van der Waals surface area contributed by atoms with Crippen molar-refractivity contribution in [3.8, 4) is 5.75 Å². The first-order valence-electron chi connectivity index (χ1n) is 6.04. The van der Waals surface area contributed by atoms with Gasteiger partial charge in [-0.1, -0.05) is 6.92 Å². The van der Waals surface area contributed by atoms with Crippen LogP contribution in [0.3, 0.4) is 0 Å². The van der Waals surface area contributed by atoms with Gasteiger partial charge in [0.05, 0.1) is 18.5 Å². The Morgan fingerprint density at radius 1 is 1.53 bits per heavy atom. The number of methoxy groups -OCH3 is 1. The first kappa shape index (κ1) is 12.4. The Bertz CT molecular complexity index is 384. The van der Waals surface area contributed by atoms with E-state index in [0.29, 0.717) is 5.25 Å².